The lowest BCUT2D eigenvalue weighted by Crippen LogP contribution is -2.41. The molecule has 26 heavy (non-hydrogen) atoms. The van der Waals surface area contributed by atoms with E-state index in [2.05, 4.69) is 0 Å². The number of halogens is 1. The monoisotopic (exact) mass is 375 g/mol. The van der Waals surface area contributed by atoms with E-state index >= 15 is 0 Å². The van der Waals surface area contributed by atoms with E-state index in [0.29, 0.717) is 18.0 Å². The summed E-state index contributed by atoms with van der Waals surface area (Å²) in [5.41, 5.74) is 0.813. The topological polar surface area (TPSA) is 63.7 Å². The summed E-state index contributed by atoms with van der Waals surface area (Å²) in [6, 6.07) is 11.4. The maximum absolute atomic E-state index is 13.2. The standard InChI is InChI=1S/C19H18FNO4S/c1-2-25-18-9-7-16(8-10-18)21(17-11-12-26(23,24)13-17)19(22)14-3-5-15(20)6-4-14/h3-12,17H,2,13H2,1H3/t17-/m1/s1. The quantitative estimate of drug-likeness (QED) is 0.805. The Hall–Kier alpha value is -2.67. The van der Waals surface area contributed by atoms with Crippen molar-refractivity contribution in [3.63, 3.8) is 0 Å². The van der Waals surface area contributed by atoms with E-state index in [4.69, 9.17) is 4.74 Å². The Morgan fingerprint density at radius 3 is 2.35 bits per heavy atom. The zero-order valence-electron chi connectivity index (χ0n) is 14.1. The van der Waals surface area contributed by atoms with Gasteiger partial charge in [0.15, 0.2) is 9.84 Å². The van der Waals surface area contributed by atoms with Gasteiger partial charge in [0, 0.05) is 16.7 Å². The average Bonchev–Trinajstić information content (AvgIpc) is 2.97. The fourth-order valence-corrected chi connectivity index (χ4v) is 4.05. The van der Waals surface area contributed by atoms with Crippen molar-refractivity contribution in [1.82, 2.24) is 0 Å². The molecule has 0 N–H and O–H groups in total. The number of anilines is 1. The minimum atomic E-state index is -3.35. The number of ether oxygens (including phenoxy) is 1. The molecule has 0 saturated heterocycles. The van der Waals surface area contributed by atoms with Crippen LogP contribution in [0.15, 0.2) is 60.0 Å². The Bertz CT molecular complexity index is 921. The van der Waals surface area contributed by atoms with Gasteiger partial charge < -0.3 is 9.64 Å². The number of carbonyl (C=O) groups excluding carboxylic acids is 1. The van der Waals surface area contributed by atoms with Crippen LogP contribution in [0.2, 0.25) is 0 Å². The van der Waals surface area contributed by atoms with Crippen molar-refractivity contribution in [3.05, 3.63) is 71.4 Å². The Labute approximate surface area is 151 Å². The van der Waals surface area contributed by atoms with Gasteiger partial charge in [0.1, 0.15) is 11.6 Å². The van der Waals surface area contributed by atoms with Crippen molar-refractivity contribution in [1.29, 1.82) is 0 Å². The van der Waals surface area contributed by atoms with Crippen molar-refractivity contribution in [2.75, 3.05) is 17.3 Å². The Morgan fingerprint density at radius 1 is 1.15 bits per heavy atom. The zero-order valence-corrected chi connectivity index (χ0v) is 14.9. The third-order valence-electron chi connectivity index (χ3n) is 3.98. The number of rotatable bonds is 5. The van der Waals surface area contributed by atoms with Gasteiger partial charge in [-0.3, -0.25) is 4.79 Å². The maximum Gasteiger partial charge on any atom is 0.258 e. The molecule has 1 atom stereocenters. The molecule has 1 amide bonds. The second kappa shape index (κ2) is 7.29. The SMILES string of the molecule is CCOc1ccc(N(C(=O)c2ccc(F)cc2)[C@@H]2C=CS(=O)(=O)C2)cc1. The largest absolute Gasteiger partial charge is 0.494 e. The summed E-state index contributed by atoms with van der Waals surface area (Å²) < 4.78 is 42.2. The highest BCUT2D eigenvalue weighted by molar-refractivity contribution is 7.94. The molecule has 3 rings (SSSR count). The number of benzene rings is 2. The molecule has 1 heterocycles. The van der Waals surface area contributed by atoms with Crippen LogP contribution >= 0.6 is 0 Å². The highest BCUT2D eigenvalue weighted by Gasteiger charge is 2.32. The molecule has 0 bridgehead atoms. The van der Waals surface area contributed by atoms with E-state index in [0.717, 1.165) is 5.41 Å². The van der Waals surface area contributed by atoms with Gasteiger partial charge in [-0.15, -0.1) is 0 Å². The molecule has 2 aromatic carbocycles. The maximum atomic E-state index is 13.2. The van der Waals surface area contributed by atoms with E-state index in [1.807, 2.05) is 6.92 Å². The van der Waals surface area contributed by atoms with Crippen LogP contribution in [0.5, 0.6) is 5.75 Å². The van der Waals surface area contributed by atoms with Crippen molar-refractivity contribution in [2.24, 2.45) is 0 Å². The fraction of sp³-hybridized carbons (Fsp3) is 0.211. The van der Waals surface area contributed by atoms with Gasteiger partial charge >= 0.3 is 0 Å². The highest BCUT2D eigenvalue weighted by atomic mass is 32.2. The average molecular weight is 375 g/mol. The molecule has 7 heteroatoms. The van der Waals surface area contributed by atoms with Crippen molar-refractivity contribution < 1.29 is 22.3 Å². The number of sulfone groups is 1. The Balaban J connectivity index is 1.97. The number of nitrogens with zero attached hydrogens (tertiary/aromatic N) is 1. The van der Waals surface area contributed by atoms with Gasteiger partial charge in [-0.2, -0.15) is 0 Å². The minimum absolute atomic E-state index is 0.187. The van der Waals surface area contributed by atoms with Crippen LogP contribution in [0.3, 0.4) is 0 Å². The number of hydrogen-bond donors (Lipinski definition) is 0. The van der Waals surface area contributed by atoms with Crippen molar-refractivity contribution >= 4 is 21.4 Å². The van der Waals surface area contributed by atoms with Gasteiger partial charge in [0.2, 0.25) is 0 Å². The molecule has 2 aromatic rings. The summed E-state index contributed by atoms with van der Waals surface area (Å²) >= 11 is 0. The van der Waals surface area contributed by atoms with Crippen LogP contribution in [0.1, 0.15) is 17.3 Å². The summed E-state index contributed by atoms with van der Waals surface area (Å²) in [5, 5.41) is 1.12. The van der Waals surface area contributed by atoms with Crippen LogP contribution in [-0.2, 0) is 9.84 Å². The van der Waals surface area contributed by atoms with E-state index in [9.17, 15) is 17.6 Å². The fourth-order valence-electron chi connectivity index (χ4n) is 2.78. The lowest BCUT2D eigenvalue weighted by Gasteiger charge is -2.28. The van der Waals surface area contributed by atoms with Crippen molar-refractivity contribution in [2.45, 2.75) is 13.0 Å². The third kappa shape index (κ3) is 3.94. The van der Waals surface area contributed by atoms with E-state index in [-0.39, 0.29) is 11.3 Å². The van der Waals surface area contributed by atoms with Crippen LogP contribution in [-0.4, -0.2) is 32.7 Å². The summed E-state index contributed by atoms with van der Waals surface area (Å²) in [4.78, 5) is 14.4. The molecule has 136 valence electrons. The van der Waals surface area contributed by atoms with Crippen molar-refractivity contribution in [3.8, 4) is 5.75 Å². The van der Waals surface area contributed by atoms with Gasteiger partial charge in [0.25, 0.3) is 5.91 Å². The molecule has 1 aliphatic heterocycles. The first-order valence-electron chi connectivity index (χ1n) is 8.12. The van der Waals surface area contributed by atoms with Crippen LogP contribution in [0.25, 0.3) is 0 Å². The number of carbonyl (C=O) groups is 1. The van der Waals surface area contributed by atoms with E-state index in [1.54, 1.807) is 24.3 Å². The Morgan fingerprint density at radius 2 is 1.81 bits per heavy atom. The molecular weight excluding hydrogens is 357 g/mol. The Kier molecular flexibility index (Phi) is 5.08. The smallest absolute Gasteiger partial charge is 0.258 e. The number of hydrogen-bond acceptors (Lipinski definition) is 4. The van der Waals surface area contributed by atoms with Gasteiger partial charge in [-0.25, -0.2) is 12.8 Å². The van der Waals surface area contributed by atoms with E-state index in [1.165, 1.54) is 35.2 Å². The third-order valence-corrected chi connectivity index (χ3v) is 5.36. The van der Waals surface area contributed by atoms with E-state index < -0.39 is 27.6 Å². The molecule has 0 aromatic heterocycles. The summed E-state index contributed by atoms with van der Waals surface area (Å²) in [7, 11) is -3.35. The first-order chi connectivity index (χ1) is 12.4. The minimum Gasteiger partial charge on any atom is -0.494 e. The first-order valence-corrected chi connectivity index (χ1v) is 9.84. The molecule has 0 fully saturated rings. The normalized spacial score (nSPS) is 17.8. The molecule has 0 aliphatic carbocycles. The molecule has 0 unspecified atom stereocenters. The molecule has 5 nitrogen and oxygen atoms in total. The zero-order chi connectivity index (χ0) is 18.7. The molecule has 1 aliphatic rings. The van der Waals surface area contributed by atoms with Crippen LogP contribution < -0.4 is 9.64 Å². The van der Waals surface area contributed by atoms with Gasteiger partial charge in [-0.05, 0) is 61.5 Å². The highest BCUT2D eigenvalue weighted by Crippen LogP contribution is 2.27. The first kappa shape index (κ1) is 18.1. The van der Waals surface area contributed by atoms with Gasteiger partial charge in [-0.1, -0.05) is 0 Å². The predicted molar refractivity (Wildman–Crippen MR) is 97.5 cm³/mol. The van der Waals surface area contributed by atoms with Crippen LogP contribution in [0, 0.1) is 5.82 Å². The summed E-state index contributed by atoms with van der Waals surface area (Å²) in [5.74, 6) is -0.383. The lowest BCUT2D eigenvalue weighted by atomic mass is 10.1. The summed E-state index contributed by atoms with van der Waals surface area (Å²) in [6.45, 7) is 2.38. The second-order valence-corrected chi connectivity index (χ2v) is 7.77. The molecule has 0 saturated carbocycles. The molecular formula is C19H18FNO4S. The predicted octanol–water partition coefficient (Wildman–Crippen LogP) is 3.18. The molecule has 0 spiro atoms. The second-order valence-electron chi connectivity index (χ2n) is 5.83. The summed E-state index contributed by atoms with van der Waals surface area (Å²) in [6.07, 6.45) is 1.49. The molecule has 0 radical (unpaired) electrons. The van der Waals surface area contributed by atoms with Crippen LogP contribution in [0.4, 0.5) is 10.1 Å². The number of amides is 1. The lowest BCUT2D eigenvalue weighted by molar-refractivity contribution is 0.0983. The van der Waals surface area contributed by atoms with Gasteiger partial charge in [0.05, 0.1) is 18.4 Å².